The number of ether oxygens (including phenoxy) is 2. The Morgan fingerprint density at radius 3 is 2.48 bits per heavy atom. The number of allylic oxidation sites excluding steroid dienone is 2. The van der Waals surface area contributed by atoms with E-state index in [1.54, 1.807) is 19.1 Å². The first-order valence-electron chi connectivity index (χ1n) is 6.05. The minimum atomic E-state index is -0.532. The van der Waals surface area contributed by atoms with Crippen LogP contribution >= 0.6 is 0 Å². The van der Waals surface area contributed by atoms with Crippen LogP contribution in [0.15, 0.2) is 41.7 Å². The fourth-order valence-corrected chi connectivity index (χ4v) is 1.39. The fraction of sp³-hybridized carbons (Fsp3) is 0.200. The van der Waals surface area contributed by atoms with Crippen molar-refractivity contribution in [2.75, 3.05) is 14.2 Å². The van der Waals surface area contributed by atoms with E-state index in [0.29, 0.717) is 16.8 Å². The topological polar surface area (TPSA) is 77.8 Å². The largest absolute Gasteiger partial charge is 0.465 e. The number of aliphatic imine (C=N–C) groups is 1. The first-order chi connectivity index (χ1) is 10.0. The quantitative estimate of drug-likeness (QED) is 0.470. The lowest BCUT2D eigenvalue weighted by Crippen LogP contribution is -2.04. The molecule has 1 aromatic rings. The third-order valence-electron chi connectivity index (χ3n) is 2.54. The highest BCUT2D eigenvalue weighted by atomic mass is 16.5. The van der Waals surface area contributed by atoms with E-state index >= 15 is 0 Å². The number of pyridine rings is 1. The van der Waals surface area contributed by atoms with Gasteiger partial charge in [0.2, 0.25) is 0 Å². The minimum Gasteiger partial charge on any atom is -0.465 e. The van der Waals surface area contributed by atoms with Gasteiger partial charge in [0.15, 0.2) is 0 Å². The zero-order valence-corrected chi connectivity index (χ0v) is 12.1. The second kappa shape index (κ2) is 7.74. The molecule has 110 valence electrons. The Balaban J connectivity index is 2.85. The number of nitrogens with zero attached hydrogens (tertiary/aromatic N) is 2. The zero-order chi connectivity index (χ0) is 15.8. The summed E-state index contributed by atoms with van der Waals surface area (Å²) in [7, 11) is 2.58. The van der Waals surface area contributed by atoms with E-state index in [2.05, 4.69) is 26.0 Å². The van der Waals surface area contributed by atoms with Crippen molar-refractivity contribution in [1.29, 1.82) is 0 Å². The lowest BCUT2D eigenvalue weighted by Gasteiger charge is -2.02. The van der Waals surface area contributed by atoms with Gasteiger partial charge in [-0.1, -0.05) is 12.7 Å². The molecule has 1 heterocycles. The summed E-state index contributed by atoms with van der Waals surface area (Å²) < 4.78 is 9.16. The number of carbonyl (C=O) groups is 2. The first kappa shape index (κ1) is 16.3. The monoisotopic (exact) mass is 288 g/mol. The molecule has 0 bridgehead atoms. The van der Waals surface area contributed by atoms with Crippen molar-refractivity contribution >= 4 is 23.7 Å². The average Bonchev–Trinajstić information content (AvgIpc) is 2.54. The van der Waals surface area contributed by atoms with Crippen molar-refractivity contribution in [3.8, 4) is 0 Å². The highest BCUT2D eigenvalue weighted by Crippen LogP contribution is 2.10. The van der Waals surface area contributed by atoms with Gasteiger partial charge in [-0.3, -0.25) is 4.98 Å². The van der Waals surface area contributed by atoms with E-state index in [4.69, 9.17) is 0 Å². The van der Waals surface area contributed by atoms with Crippen LogP contribution in [0.3, 0.4) is 0 Å². The fourth-order valence-electron chi connectivity index (χ4n) is 1.39. The SMILES string of the molecule is C=C(/C=N\C(=C/C)C(=O)OC)c1ccc(C(=O)OC)cn1. The summed E-state index contributed by atoms with van der Waals surface area (Å²) in [4.78, 5) is 30.7. The molecule has 0 spiro atoms. The van der Waals surface area contributed by atoms with Gasteiger partial charge in [0, 0.05) is 18.0 Å². The number of hydrogen-bond donors (Lipinski definition) is 0. The van der Waals surface area contributed by atoms with Crippen molar-refractivity contribution in [3.63, 3.8) is 0 Å². The normalized spacial score (nSPS) is 11.3. The molecule has 1 aromatic heterocycles. The van der Waals surface area contributed by atoms with Crippen molar-refractivity contribution in [3.05, 3.63) is 47.9 Å². The van der Waals surface area contributed by atoms with Gasteiger partial charge in [0.1, 0.15) is 5.70 Å². The van der Waals surface area contributed by atoms with E-state index < -0.39 is 11.9 Å². The molecule has 0 saturated carbocycles. The maximum absolute atomic E-state index is 11.3. The lowest BCUT2D eigenvalue weighted by atomic mass is 10.2. The van der Waals surface area contributed by atoms with Crippen LogP contribution in [0.2, 0.25) is 0 Å². The summed E-state index contributed by atoms with van der Waals surface area (Å²) in [5, 5.41) is 0. The number of methoxy groups -OCH3 is 2. The third kappa shape index (κ3) is 4.38. The maximum atomic E-state index is 11.3. The Kier molecular flexibility index (Phi) is 6.00. The number of carbonyl (C=O) groups excluding carboxylic acids is 2. The molecule has 0 aliphatic rings. The van der Waals surface area contributed by atoms with E-state index in [9.17, 15) is 9.59 Å². The Morgan fingerprint density at radius 1 is 1.29 bits per heavy atom. The molecule has 6 nitrogen and oxygen atoms in total. The molecule has 0 atom stereocenters. The van der Waals surface area contributed by atoms with Crippen LogP contribution in [0.25, 0.3) is 5.57 Å². The molecule has 0 aliphatic heterocycles. The van der Waals surface area contributed by atoms with Gasteiger partial charge in [-0.15, -0.1) is 0 Å². The first-order valence-corrected chi connectivity index (χ1v) is 6.05. The van der Waals surface area contributed by atoms with Crippen molar-refractivity contribution in [2.24, 2.45) is 4.99 Å². The minimum absolute atomic E-state index is 0.171. The highest BCUT2D eigenvalue weighted by molar-refractivity contribution is 6.09. The van der Waals surface area contributed by atoms with Crippen LogP contribution in [0.1, 0.15) is 23.0 Å². The zero-order valence-electron chi connectivity index (χ0n) is 12.1. The molecular weight excluding hydrogens is 272 g/mol. The summed E-state index contributed by atoms with van der Waals surface area (Å²) in [5.74, 6) is -0.995. The molecular formula is C15H16N2O4. The van der Waals surface area contributed by atoms with Gasteiger partial charge < -0.3 is 9.47 Å². The predicted octanol–water partition coefficient (Wildman–Crippen LogP) is 2.03. The molecule has 0 saturated heterocycles. The van der Waals surface area contributed by atoms with Gasteiger partial charge in [0.25, 0.3) is 0 Å². The average molecular weight is 288 g/mol. The van der Waals surface area contributed by atoms with Crippen molar-refractivity contribution in [2.45, 2.75) is 6.92 Å². The van der Waals surface area contributed by atoms with Gasteiger partial charge in [-0.2, -0.15) is 0 Å². The smallest absolute Gasteiger partial charge is 0.356 e. The second-order valence-electron chi connectivity index (χ2n) is 3.87. The van der Waals surface area contributed by atoms with E-state index in [0.717, 1.165) is 0 Å². The summed E-state index contributed by atoms with van der Waals surface area (Å²) in [6.45, 7) is 5.48. The number of hydrogen-bond acceptors (Lipinski definition) is 6. The van der Waals surface area contributed by atoms with E-state index in [1.807, 2.05) is 0 Å². The van der Waals surface area contributed by atoms with E-state index in [1.165, 1.54) is 32.7 Å². The number of aromatic nitrogens is 1. The number of esters is 2. The van der Waals surface area contributed by atoms with Crippen molar-refractivity contribution < 1.29 is 19.1 Å². The third-order valence-corrected chi connectivity index (χ3v) is 2.54. The molecule has 0 unspecified atom stereocenters. The highest BCUT2D eigenvalue weighted by Gasteiger charge is 2.08. The summed E-state index contributed by atoms with van der Waals surface area (Å²) in [5.41, 5.74) is 1.54. The van der Waals surface area contributed by atoms with Crippen LogP contribution < -0.4 is 0 Å². The maximum Gasteiger partial charge on any atom is 0.356 e. The Morgan fingerprint density at radius 2 is 2.00 bits per heavy atom. The van der Waals surface area contributed by atoms with Gasteiger partial charge in [-0.25, -0.2) is 14.6 Å². The van der Waals surface area contributed by atoms with Crippen LogP contribution in [0.4, 0.5) is 0 Å². The summed E-state index contributed by atoms with van der Waals surface area (Å²) in [6.07, 6.45) is 4.33. The molecule has 0 radical (unpaired) electrons. The molecule has 0 aromatic carbocycles. The lowest BCUT2D eigenvalue weighted by molar-refractivity contribution is -0.136. The van der Waals surface area contributed by atoms with E-state index in [-0.39, 0.29) is 5.70 Å². The van der Waals surface area contributed by atoms with Crippen LogP contribution in [-0.4, -0.2) is 37.4 Å². The van der Waals surface area contributed by atoms with Crippen molar-refractivity contribution in [1.82, 2.24) is 4.98 Å². The molecule has 0 N–H and O–H groups in total. The van der Waals surface area contributed by atoms with Crippen LogP contribution in [-0.2, 0) is 14.3 Å². The predicted molar refractivity (Wildman–Crippen MR) is 78.9 cm³/mol. The Labute approximate surface area is 122 Å². The molecule has 1 rings (SSSR count). The van der Waals surface area contributed by atoms with Gasteiger partial charge >= 0.3 is 11.9 Å². The molecule has 0 fully saturated rings. The van der Waals surface area contributed by atoms with Gasteiger partial charge in [-0.05, 0) is 19.1 Å². The molecule has 0 aliphatic carbocycles. The Bertz CT molecular complexity index is 601. The van der Waals surface area contributed by atoms with Crippen LogP contribution in [0, 0.1) is 0 Å². The summed E-state index contributed by atoms with van der Waals surface area (Å²) >= 11 is 0. The van der Waals surface area contributed by atoms with Crippen LogP contribution in [0.5, 0.6) is 0 Å². The van der Waals surface area contributed by atoms with Gasteiger partial charge in [0.05, 0.1) is 25.5 Å². The standard InChI is InChI=1S/C15H16N2O4/c1-5-12(15(19)21-4)16-8-10(2)13-7-6-11(9-17-13)14(18)20-3/h5-9H,2H2,1,3-4H3/b12-5-,16-8-. The Hall–Kier alpha value is -2.76. The molecule has 0 amide bonds. The molecule has 6 heteroatoms. The summed E-state index contributed by atoms with van der Waals surface area (Å²) in [6, 6.07) is 3.19. The number of rotatable bonds is 5. The second-order valence-corrected chi connectivity index (χ2v) is 3.87. The molecule has 21 heavy (non-hydrogen) atoms.